The lowest BCUT2D eigenvalue weighted by molar-refractivity contribution is -0.149. The van der Waals surface area contributed by atoms with E-state index in [4.69, 9.17) is 14.6 Å². The third-order valence-electron chi connectivity index (χ3n) is 4.00. The molecular formula is C20H24O6S. The predicted molar refractivity (Wildman–Crippen MR) is 102 cm³/mol. The van der Waals surface area contributed by atoms with Crippen molar-refractivity contribution in [2.75, 3.05) is 19.5 Å². The highest BCUT2D eigenvalue weighted by molar-refractivity contribution is 7.90. The highest BCUT2D eigenvalue weighted by Gasteiger charge is 2.17. The maximum atomic E-state index is 11.4. The van der Waals surface area contributed by atoms with Gasteiger partial charge in [0.25, 0.3) is 0 Å². The molecule has 2 rings (SSSR count). The molecule has 0 amide bonds. The molecule has 0 spiro atoms. The van der Waals surface area contributed by atoms with Gasteiger partial charge in [0.15, 0.2) is 15.9 Å². The zero-order chi connectivity index (χ0) is 19.9. The lowest BCUT2D eigenvalue weighted by Gasteiger charge is -2.13. The number of carboxylic acids is 1. The number of hydrogen-bond donors (Lipinski definition) is 1. The topological polar surface area (TPSA) is 89.9 Å². The summed E-state index contributed by atoms with van der Waals surface area (Å²) in [6, 6.07) is 14.0. The molecule has 7 heteroatoms. The lowest BCUT2D eigenvalue weighted by atomic mass is 10.1. The van der Waals surface area contributed by atoms with E-state index in [0.29, 0.717) is 36.7 Å². The van der Waals surface area contributed by atoms with Crippen LogP contribution in [0.4, 0.5) is 0 Å². The summed E-state index contributed by atoms with van der Waals surface area (Å²) in [6.45, 7) is 2.57. The van der Waals surface area contributed by atoms with Gasteiger partial charge in [0.1, 0.15) is 5.75 Å². The minimum Gasteiger partial charge on any atom is -0.493 e. The van der Waals surface area contributed by atoms with E-state index in [1.54, 1.807) is 43.3 Å². The van der Waals surface area contributed by atoms with Crippen LogP contribution in [0, 0.1) is 0 Å². The molecule has 1 atom stereocenters. The number of benzene rings is 2. The first-order chi connectivity index (χ1) is 12.8. The van der Waals surface area contributed by atoms with Crippen molar-refractivity contribution < 1.29 is 27.8 Å². The minimum atomic E-state index is -3.18. The van der Waals surface area contributed by atoms with Crippen LogP contribution in [0.15, 0.2) is 53.4 Å². The molecule has 146 valence electrons. The summed E-state index contributed by atoms with van der Waals surface area (Å²) >= 11 is 0. The van der Waals surface area contributed by atoms with Gasteiger partial charge >= 0.3 is 5.97 Å². The zero-order valence-corrected chi connectivity index (χ0v) is 16.2. The monoisotopic (exact) mass is 392 g/mol. The van der Waals surface area contributed by atoms with Crippen LogP contribution in [0.5, 0.6) is 5.75 Å². The fourth-order valence-corrected chi connectivity index (χ4v) is 3.18. The van der Waals surface area contributed by atoms with Gasteiger partial charge in [-0.25, -0.2) is 13.2 Å². The molecule has 0 aliphatic carbocycles. The molecule has 0 fully saturated rings. The largest absolute Gasteiger partial charge is 0.493 e. The summed E-state index contributed by atoms with van der Waals surface area (Å²) in [5.41, 5.74) is 1.85. The molecule has 0 radical (unpaired) electrons. The number of ether oxygens (including phenoxy) is 2. The van der Waals surface area contributed by atoms with E-state index in [-0.39, 0.29) is 0 Å². The Bertz CT molecular complexity index is 841. The van der Waals surface area contributed by atoms with Gasteiger partial charge in [0.05, 0.1) is 11.5 Å². The predicted octanol–water partition coefficient (Wildman–Crippen LogP) is 2.74. The number of aliphatic carboxylic acids is 1. The van der Waals surface area contributed by atoms with Crippen LogP contribution in [-0.4, -0.2) is 45.1 Å². The first-order valence-electron chi connectivity index (χ1n) is 8.64. The molecule has 0 aliphatic heterocycles. The molecular weight excluding hydrogens is 368 g/mol. The Morgan fingerprint density at radius 3 is 2.15 bits per heavy atom. The molecule has 0 aromatic heterocycles. The quantitative estimate of drug-likeness (QED) is 0.669. The van der Waals surface area contributed by atoms with Crippen molar-refractivity contribution in [1.82, 2.24) is 0 Å². The molecule has 0 saturated carbocycles. The van der Waals surface area contributed by atoms with E-state index in [0.717, 1.165) is 11.1 Å². The summed E-state index contributed by atoms with van der Waals surface area (Å²) in [6.07, 6.45) is 1.28. The van der Waals surface area contributed by atoms with Crippen molar-refractivity contribution in [3.63, 3.8) is 0 Å². The number of carboxylic acid groups (broad SMARTS) is 1. The zero-order valence-electron chi connectivity index (χ0n) is 15.4. The van der Waals surface area contributed by atoms with Crippen molar-refractivity contribution in [1.29, 1.82) is 0 Å². The van der Waals surface area contributed by atoms with Gasteiger partial charge in [0.2, 0.25) is 0 Å². The van der Waals surface area contributed by atoms with Crippen LogP contribution in [0.3, 0.4) is 0 Å². The molecule has 0 bridgehead atoms. The van der Waals surface area contributed by atoms with E-state index in [2.05, 4.69) is 0 Å². The van der Waals surface area contributed by atoms with E-state index >= 15 is 0 Å². The van der Waals surface area contributed by atoms with E-state index in [1.807, 2.05) is 12.1 Å². The Morgan fingerprint density at radius 2 is 1.63 bits per heavy atom. The number of carbonyl (C=O) groups is 1. The molecule has 6 nitrogen and oxygen atoms in total. The Labute approximate surface area is 159 Å². The second-order valence-corrected chi connectivity index (χ2v) is 8.16. The van der Waals surface area contributed by atoms with Crippen LogP contribution in [0.25, 0.3) is 0 Å². The number of rotatable bonds is 10. The molecule has 1 N–H and O–H groups in total. The maximum absolute atomic E-state index is 11.4. The van der Waals surface area contributed by atoms with Gasteiger partial charge in [-0.3, -0.25) is 0 Å². The highest BCUT2D eigenvalue weighted by Crippen LogP contribution is 2.16. The van der Waals surface area contributed by atoms with E-state index in [9.17, 15) is 13.2 Å². The standard InChI is InChI=1S/C20H24O6S/c1-3-25-19(20(21)22)14-16-4-8-17(9-5-16)26-13-12-15-6-10-18(11-7-15)27(2,23)24/h4-11,19H,3,12-14H2,1-2H3,(H,21,22)/t19-/m0/s1. The van der Waals surface area contributed by atoms with Gasteiger partial charge < -0.3 is 14.6 Å². The van der Waals surface area contributed by atoms with Gasteiger partial charge in [-0.1, -0.05) is 24.3 Å². The smallest absolute Gasteiger partial charge is 0.333 e. The molecule has 2 aromatic rings. The van der Waals surface area contributed by atoms with Crippen molar-refractivity contribution in [3.05, 3.63) is 59.7 Å². The van der Waals surface area contributed by atoms with Gasteiger partial charge in [-0.05, 0) is 42.3 Å². The first-order valence-corrected chi connectivity index (χ1v) is 10.5. The van der Waals surface area contributed by atoms with E-state index in [1.165, 1.54) is 6.26 Å². The van der Waals surface area contributed by atoms with Crippen LogP contribution < -0.4 is 4.74 Å². The van der Waals surface area contributed by atoms with Gasteiger partial charge in [-0.2, -0.15) is 0 Å². The second kappa shape index (κ2) is 9.53. The summed E-state index contributed by atoms with van der Waals surface area (Å²) in [5, 5.41) is 9.12. The van der Waals surface area contributed by atoms with Gasteiger partial charge in [0, 0.05) is 25.7 Å². The average Bonchev–Trinajstić information content (AvgIpc) is 2.62. The Kier molecular flexibility index (Phi) is 7.38. The summed E-state index contributed by atoms with van der Waals surface area (Å²) in [4.78, 5) is 11.4. The molecule has 0 unspecified atom stereocenters. The van der Waals surface area contributed by atoms with Crippen molar-refractivity contribution >= 4 is 15.8 Å². The number of sulfone groups is 1. The third-order valence-corrected chi connectivity index (χ3v) is 5.13. The average molecular weight is 392 g/mol. The van der Waals surface area contributed by atoms with Crippen LogP contribution in [0.2, 0.25) is 0 Å². The Hall–Kier alpha value is -2.38. The summed E-state index contributed by atoms with van der Waals surface area (Å²) in [7, 11) is -3.18. The summed E-state index contributed by atoms with van der Waals surface area (Å²) < 4.78 is 33.8. The minimum absolute atomic E-state index is 0.300. The maximum Gasteiger partial charge on any atom is 0.333 e. The number of hydrogen-bond acceptors (Lipinski definition) is 5. The first kappa shape index (κ1) is 20.9. The molecule has 2 aromatic carbocycles. The molecule has 0 aliphatic rings. The van der Waals surface area contributed by atoms with Crippen LogP contribution in [-0.2, 0) is 32.2 Å². The molecule has 27 heavy (non-hydrogen) atoms. The lowest BCUT2D eigenvalue weighted by Crippen LogP contribution is -2.26. The fourth-order valence-electron chi connectivity index (χ4n) is 2.54. The molecule has 0 heterocycles. The van der Waals surface area contributed by atoms with Crippen LogP contribution >= 0.6 is 0 Å². The van der Waals surface area contributed by atoms with Crippen molar-refractivity contribution in [2.24, 2.45) is 0 Å². The summed E-state index contributed by atoms with van der Waals surface area (Å²) in [5.74, 6) is -0.283. The Balaban J connectivity index is 1.85. The van der Waals surface area contributed by atoms with Crippen molar-refractivity contribution in [2.45, 2.75) is 30.8 Å². The van der Waals surface area contributed by atoms with Crippen molar-refractivity contribution in [3.8, 4) is 5.75 Å². The third kappa shape index (κ3) is 6.69. The second-order valence-electron chi connectivity index (χ2n) is 6.14. The SMILES string of the molecule is CCO[C@@H](Cc1ccc(OCCc2ccc(S(C)(=O)=O)cc2)cc1)C(=O)O. The Morgan fingerprint density at radius 1 is 1.04 bits per heavy atom. The van der Waals surface area contributed by atoms with Crippen LogP contribution in [0.1, 0.15) is 18.1 Å². The normalized spacial score (nSPS) is 12.5. The fraction of sp³-hybridized carbons (Fsp3) is 0.350. The van der Waals surface area contributed by atoms with E-state index < -0.39 is 21.9 Å². The highest BCUT2D eigenvalue weighted by atomic mass is 32.2. The molecule has 0 saturated heterocycles. The van der Waals surface area contributed by atoms with Gasteiger partial charge in [-0.15, -0.1) is 0 Å².